The molecule has 0 radical (unpaired) electrons. The van der Waals surface area contributed by atoms with Gasteiger partial charge in [-0.05, 0) is 51.3 Å². The highest BCUT2D eigenvalue weighted by Gasteiger charge is 2.51. The van der Waals surface area contributed by atoms with Crippen molar-refractivity contribution in [3.63, 3.8) is 0 Å². The fraction of sp³-hybridized carbons (Fsp3) is 0.381. The summed E-state index contributed by atoms with van der Waals surface area (Å²) in [7, 11) is 0. The number of anilines is 1. The summed E-state index contributed by atoms with van der Waals surface area (Å²) in [4.78, 5) is 39.0. The van der Waals surface area contributed by atoms with Gasteiger partial charge in [-0.25, -0.2) is 4.79 Å². The molecule has 2 aromatic rings. The molecule has 1 aromatic carbocycles. The molecule has 148 valence electrons. The second kappa shape index (κ2) is 7.14. The Labute approximate surface area is 164 Å². The number of nitrogens with zero attached hydrogens (tertiary/aromatic N) is 1. The Morgan fingerprint density at radius 2 is 1.96 bits per heavy atom. The van der Waals surface area contributed by atoms with Crippen LogP contribution in [0.5, 0.6) is 0 Å². The van der Waals surface area contributed by atoms with E-state index < -0.39 is 23.4 Å². The fourth-order valence-corrected chi connectivity index (χ4v) is 3.67. The Morgan fingerprint density at radius 1 is 1.25 bits per heavy atom. The molecule has 1 aliphatic heterocycles. The average Bonchev–Trinajstić information content (AvgIpc) is 3.08. The molecule has 28 heavy (non-hydrogen) atoms. The summed E-state index contributed by atoms with van der Waals surface area (Å²) in [5, 5.41) is 5.55. The van der Waals surface area contributed by atoms with Crippen molar-refractivity contribution in [3.05, 3.63) is 52.5 Å². The van der Waals surface area contributed by atoms with Gasteiger partial charge < -0.3 is 15.1 Å². The van der Waals surface area contributed by atoms with Gasteiger partial charge in [-0.2, -0.15) is 0 Å². The number of amides is 4. The maximum atomic E-state index is 13.0. The van der Waals surface area contributed by atoms with Gasteiger partial charge in [0.2, 0.25) is 5.91 Å². The third-order valence-corrected chi connectivity index (χ3v) is 5.16. The van der Waals surface area contributed by atoms with Crippen LogP contribution in [0.15, 0.2) is 28.7 Å². The number of carbonyl (C=O) groups is 3. The maximum Gasteiger partial charge on any atom is 0.325 e. The number of hydrogen-bond acceptors (Lipinski definition) is 4. The van der Waals surface area contributed by atoms with Gasteiger partial charge in [-0.3, -0.25) is 14.5 Å². The molecule has 1 aliphatic rings. The minimum Gasteiger partial charge on any atom is -0.466 e. The monoisotopic (exact) mass is 383 g/mol. The lowest BCUT2D eigenvalue weighted by atomic mass is 9.92. The van der Waals surface area contributed by atoms with Gasteiger partial charge in [-0.15, -0.1) is 0 Å². The third-order valence-electron chi connectivity index (χ3n) is 5.16. The molecule has 4 amide bonds. The number of furan rings is 1. The van der Waals surface area contributed by atoms with Gasteiger partial charge >= 0.3 is 6.03 Å². The number of urea groups is 1. The second-order valence-electron chi connectivity index (χ2n) is 7.28. The van der Waals surface area contributed by atoms with Gasteiger partial charge in [0.25, 0.3) is 5.91 Å². The Kier molecular flexibility index (Phi) is 5.02. The fourth-order valence-electron chi connectivity index (χ4n) is 3.67. The van der Waals surface area contributed by atoms with Crippen LogP contribution in [0.3, 0.4) is 0 Å². The topological polar surface area (TPSA) is 91.7 Å². The van der Waals surface area contributed by atoms with E-state index in [0.717, 1.165) is 28.1 Å². The summed E-state index contributed by atoms with van der Waals surface area (Å²) >= 11 is 0. The normalized spacial score (nSPS) is 19.1. The van der Waals surface area contributed by atoms with E-state index in [-0.39, 0.29) is 6.54 Å². The summed E-state index contributed by atoms with van der Waals surface area (Å²) in [6.45, 7) is 8.70. The number of rotatable bonds is 5. The van der Waals surface area contributed by atoms with E-state index in [2.05, 4.69) is 10.6 Å². The van der Waals surface area contributed by atoms with Crippen LogP contribution in [-0.4, -0.2) is 29.3 Å². The largest absolute Gasteiger partial charge is 0.466 e. The number of hydrogen-bond donors (Lipinski definition) is 2. The van der Waals surface area contributed by atoms with E-state index in [1.165, 1.54) is 0 Å². The lowest BCUT2D eigenvalue weighted by Crippen LogP contribution is -2.42. The van der Waals surface area contributed by atoms with Crippen LogP contribution in [0.1, 0.15) is 42.1 Å². The lowest BCUT2D eigenvalue weighted by molar-refractivity contribution is -0.133. The molecule has 2 heterocycles. The Bertz CT molecular complexity index is 963. The van der Waals surface area contributed by atoms with E-state index in [4.69, 9.17) is 4.42 Å². The number of aryl methyl sites for hydroxylation is 4. The van der Waals surface area contributed by atoms with Crippen LogP contribution in [-0.2, 0) is 21.5 Å². The van der Waals surface area contributed by atoms with Crippen LogP contribution < -0.4 is 10.6 Å². The molecule has 0 aliphatic carbocycles. The first-order valence-electron chi connectivity index (χ1n) is 9.27. The molecule has 1 aromatic heterocycles. The van der Waals surface area contributed by atoms with E-state index in [1.807, 2.05) is 32.0 Å². The van der Waals surface area contributed by atoms with E-state index in [1.54, 1.807) is 26.8 Å². The molecule has 3 rings (SSSR count). The van der Waals surface area contributed by atoms with Gasteiger partial charge in [0.1, 0.15) is 23.6 Å². The molecule has 0 bridgehead atoms. The van der Waals surface area contributed by atoms with Gasteiger partial charge in [0.05, 0.1) is 0 Å². The predicted molar refractivity (Wildman–Crippen MR) is 105 cm³/mol. The summed E-state index contributed by atoms with van der Waals surface area (Å²) in [6, 6.07) is 6.92. The van der Waals surface area contributed by atoms with Crippen molar-refractivity contribution < 1.29 is 18.8 Å². The molecule has 1 fully saturated rings. The van der Waals surface area contributed by atoms with Crippen molar-refractivity contribution >= 4 is 23.5 Å². The number of para-hydroxylation sites is 1. The molecule has 7 heteroatoms. The van der Waals surface area contributed by atoms with Crippen molar-refractivity contribution in [2.45, 2.75) is 46.6 Å². The minimum atomic E-state index is -1.25. The van der Waals surface area contributed by atoms with Crippen molar-refractivity contribution in [2.75, 3.05) is 11.9 Å². The molecule has 0 saturated carbocycles. The minimum absolute atomic E-state index is 0.354. The predicted octanol–water partition coefficient (Wildman–Crippen LogP) is 3.17. The van der Waals surface area contributed by atoms with Crippen molar-refractivity contribution in [3.8, 4) is 0 Å². The Balaban J connectivity index is 1.80. The number of carbonyl (C=O) groups excluding carboxylic acids is 3. The van der Waals surface area contributed by atoms with Crippen LogP contribution in [0.2, 0.25) is 0 Å². The quantitative estimate of drug-likeness (QED) is 0.776. The highest BCUT2D eigenvalue weighted by atomic mass is 16.3. The standard InChI is InChI=1S/C21H25N3O4/c1-6-15-9-7-8-12(2)18(15)22-17(25)11-24-19(26)21(5,23-20(24)27)16-10-13(3)28-14(16)4/h7-10H,6,11H2,1-5H3,(H,22,25)(H,23,27). The van der Waals surface area contributed by atoms with Crippen LogP contribution in [0.4, 0.5) is 10.5 Å². The van der Waals surface area contributed by atoms with Crippen LogP contribution in [0.25, 0.3) is 0 Å². The summed E-state index contributed by atoms with van der Waals surface area (Å²) < 4.78 is 5.51. The zero-order valence-electron chi connectivity index (χ0n) is 16.8. The first kappa shape index (κ1) is 19.7. The maximum absolute atomic E-state index is 13.0. The molecule has 1 saturated heterocycles. The smallest absolute Gasteiger partial charge is 0.325 e. The zero-order valence-corrected chi connectivity index (χ0v) is 16.8. The van der Waals surface area contributed by atoms with Crippen molar-refractivity contribution in [2.24, 2.45) is 0 Å². The van der Waals surface area contributed by atoms with Gasteiger partial charge in [-0.1, -0.05) is 25.1 Å². The van der Waals surface area contributed by atoms with E-state index in [9.17, 15) is 14.4 Å². The highest BCUT2D eigenvalue weighted by Crippen LogP contribution is 2.32. The molecule has 7 nitrogen and oxygen atoms in total. The van der Waals surface area contributed by atoms with Gasteiger partial charge in [0.15, 0.2) is 0 Å². The Hall–Kier alpha value is -3.09. The molecule has 1 atom stereocenters. The first-order valence-corrected chi connectivity index (χ1v) is 9.27. The number of nitrogens with one attached hydrogen (secondary N) is 2. The third kappa shape index (κ3) is 3.28. The van der Waals surface area contributed by atoms with Crippen molar-refractivity contribution in [1.29, 1.82) is 0 Å². The summed E-state index contributed by atoms with van der Waals surface area (Å²) in [6.07, 6.45) is 0.762. The first-order chi connectivity index (χ1) is 13.2. The molecule has 1 unspecified atom stereocenters. The number of imide groups is 1. The molecular weight excluding hydrogens is 358 g/mol. The summed E-state index contributed by atoms with van der Waals surface area (Å²) in [5.74, 6) is 0.319. The molecule has 2 N–H and O–H groups in total. The van der Waals surface area contributed by atoms with Crippen molar-refractivity contribution in [1.82, 2.24) is 10.2 Å². The second-order valence-corrected chi connectivity index (χ2v) is 7.28. The average molecular weight is 383 g/mol. The lowest BCUT2D eigenvalue weighted by Gasteiger charge is -2.21. The van der Waals surface area contributed by atoms with Crippen LogP contribution >= 0.6 is 0 Å². The highest BCUT2D eigenvalue weighted by molar-refractivity contribution is 6.10. The zero-order chi connectivity index (χ0) is 20.6. The SMILES string of the molecule is CCc1cccc(C)c1NC(=O)CN1C(=O)NC(C)(c2cc(C)oc2C)C1=O. The summed E-state index contributed by atoms with van der Waals surface area (Å²) in [5.41, 5.74) is 2.00. The van der Waals surface area contributed by atoms with Crippen LogP contribution in [0, 0.1) is 20.8 Å². The Morgan fingerprint density at radius 3 is 2.57 bits per heavy atom. The molecule has 0 spiro atoms. The van der Waals surface area contributed by atoms with Gasteiger partial charge in [0, 0.05) is 11.3 Å². The molecular formula is C21H25N3O4. The number of benzene rings is 1. The van der Waals surface area contributed by atoms with E-state index in [0.29, 0.717) is 17.1 Å². The van der Waals surface area contributed by atoms with E-state index >= 15 is 0 Å².